The summed E-state index contributed by atoms with van der Waals surface area (Å²) in [5.41, 5.74) is 1.22. The Labute approximate surface area is 171 Å². The van der Waals surface area contributed by atoms with Crippen molar-refractivity contribution in [2.75, 3.05) is 23.3 Å². The molecule has 7 nitrogen and oxygen atoms in total. The molecule has 1 saturated heterocycles. The lowest BCUT2D eigenvalue weighted by molar-refractivity contribution is 0.102. The molecule has 1 aliphatic heterocycles. The van der Waals surface area contributed by atoms with Gasteiger partial charge >= 0.3 is 0 Å². The average molecular weight is 411 g/mol. The third kappa shape index (κ3) is 4.35. The Kier molecular flexibility index (Phi) is 5.51. The van der Waals surface area contributed by atoms with E-state index in [1.165, 1.54) is 12.4 Å². The van der Waals surface area contributed by atoms with E-state index in [1.54, 1.807) is 12.3 Å². The van der Waals surface area contributed by atoms with Gasteiger partial charge in [-0.05, 0) is 24.1 Å². The molecule has 0 atom stereocenters. The molecular formula is C21H19F2N5O2. The summed E-state index contributed by atoms with van der Waals surface area (Å²) < 4.78 is 32.2. The highest BCUT2D eigenvalue weighted by molar-refractivity contribution is 6.05. The Morgan fingerprint density at radius 2 is 1.83 bits per heavy atom. The Morgan fingerprint density at radius 3 is 2.57 bits per heavy atom. The van der Waals surface area contributed by atoms with Crippen LogP contribution < -0.4 is 15.0 Å². The third-order valence-corrected chi connectivity index (χ3v) is 4.65. The van der Waals surface area contributed by atoms with E-state index < -0.39 is 17.5 Å². The molecule has 2 aromatic heterocycles. The van der Waals surface area contributed by atoms with Gasteiger partial charge in [-0.25, -0.2) is 23.7 Å². The quantitative estimate of drug-likeness (QED) is 0.671. The maximum atomic E-state index is 13.3. The second-order valence-corrected chi connectivity index (χ2v) is 6.84. The summed E-state index contributed by atoms with van der Waals surface area (Å²) >= 11 is 0. The van der Waals surface area contributed by atoms with Crippen molar-refractivity contribution in [1.29, 1.82) is 0 Å². The zero-order valence-electron chi connectivity index (χ0n) is 16.2. The normalized spacial score (nSPS) is 13.6. The van der Waals surface area contributed by atoms with Gasteiger partial charge in [0.15, 0.2) is 11.5 Å². The number of pyridine rings is 1. The van der Waals surface area contributed by atoms with Gasteiger partial charge in [-0.2, -0.15) is 0 Å². The van der Waals surface area contributed by atoms with E-state index in [0.29, 0.717) is 24.7 Å². The molecule has 4 rings (SSSR count). The van der Waals surface area contributed by atoms with Gasteiger partial charge in [-0.3, -0.25) is 4.79 Å². The molecule has 3 heterocycles. The highest BCUT2D eigenvalue weighted by Gasteiger charge is 2.33. The van der Waals surface area contributed by atoms with Gasteiger partial charge in [0, 0.05) is 36.8 Å². The molecule has 154 valence electrons. The molecule has 1 amide bonds. The molecule has 1 aromatic carbocycles. The number of rotatable bonds is 6. The van der Waals surface area contributed by atoms with Crippen LogP contribution in [0.4, 0.5) is 20.4 Å². The number of benzene rings is 1. The summed E-state index contributed by atoms with van der Waals surface area (Å²) in [6, 6.07) is 6.73. The Hall–Kier alpha value is -3.62. The van der Waals surface area contributed by atoms with Crippen molar-refractivity contribution in [3.8, 4) is 5.75 Å². The first-order chi connectivity index (χ1) is 14.5. The van der Waals surface area contributed by atoms with Crippen molar-refractivity contribution in [3.63, 3.8) is 0 Å². The molecular weight excluding hydrogens is 392 g/mol. The van der Waals surface area contributed by atoms with E-state index in [9.17, 15) is 13.6 Å². The Morgan fingerprint density at radius 1 is 1.10 bits per heavy atom. The number of halogens is 2. The molecule has 0 bridgehead atoms. The maximum Gasteiger partial charge on any atom is 0.279 e. The number of nitrogens with zero attached hydrogens (tertiary/aromatic N) is 4. The SMILES string of the molecule is CCc1ccnc(NC(=O)c2nccnc2N2CC(Oc3cc(F)cc(F)c3)C2)c1. The zero-order chi connectivity index (χ0) is 21.1. The first kappa shape index (κ1) is 19.7. The first-order valence-electron chi connectivity index (χ1n) is 9.47. The number of aryl methyl sites for hydroxylation is 1. The Balaban J connectivity index is 1.43. The molecule has 1 N–H and O–H groups in total. The number of ether oxygens (including phenoxy) is 1. The van der Waals surface area contributed by atoms with E-state index in [4.69, 9.17) is 4.74 Å². The van der Waals surface area contributed by atoms with Gasteiger partial charge in [0.25, 0.3) is 5.91 Å². The largest absolute Gasteiger partial charge is 0.487 e. The van der Waals surface area contributed by atoms with E-state index in [0.717, 1.165) is 30.2 Å². The number of hydrogen-bond donors (Lipinski definition) is 1. The van der Waals surface area contributed by atoms with Gasteiger partial charge in [-0.15, -0.1) is 0 Å². The van der Waals surface area contributed by atoms with Gasteiger partial charge in [0.05, 0.1) is 13.1 Å². The summed E-state index contributed by atoms with van der Waals surface area (Å²) in [7, 11) is 0. The molecule has 1 fully saturated rings. The molecule has 0 aliphatic carbocycles. The van der Waals surface area contributed by atoms with Crippen LogP contribution in [0.15, 0.2) is 48.9 Å². The number of carbonyl (C=O) groups excluding carboxylic acids is 1. The van der Waals surface area contributed by atoms with Crippen LogP contribution in [0, 0.1) is 11.6 Å². The number of amides is 1. The van der Waals surface area contributed by atoms with Crippen LogP contribution >= 0.6 is 0 Å². The second-order valence-electron chi connectivity index (χ2n) is 6.84. The highest BCUT2D eigenvalue weighted by Crippen LogP contribution is 2.26. The molecule has 0 saturated carbocycles. The number of nitrogens with one attached hydrogen (secondary N) is 1. The van der Waals surface area contributed by atoms with Gasteiger partial charge < -0.3 is 15.0 Å². The average Bonchev–Trinajstić information content (AvgIpc) is 2.70. The van der Waals surface area contributed by atoms with Crippen LogP contribution in [0.2, 0.25) is 0 Å². The van der Waals surface area contributed by atoms with Crippen LogP contribution in [0.25, 0.3) is 0 Å². The molecule has 9 heteroatoms. The lowest BCUT2D eigenvalue weighted by Gasteiger charge is -2.40. The van der Waals surface area contributed by atoms with E-state index in [2.05, 4.69) is 20.3 Å². The van der Waals surface area contributed by atoms with Crippen LogP contribution in [0.5, 0.6) is 5.75 Å². The van der Waals surface area contributed by atoms with Crippen LogP contribution in [0.1, 0.15) is 23.0 Å². The van der Waals surface area contributed by atoms with Gasteiger partial charge in [0.1, 0.15) is 29.3 Å². The fraction of sp³-hybridized carbons (Fsp3) is 0.238. The summed E-state index contributed by atoms with van der Waals surface area (Å²) in [4.78, 5) is 27.2. The lowest BCUT2D eigenvalue weighted by atomic mass is 10.1. The first-order valence-corrected chi connectivity index (χ1v) is 9.47. The molecule has 0 spiro atoms. The number of aromatic nitrogens is 3. The molecule has 30 heavy (non-hydrogen) atoms. The number of anilines is 2. The summed E-state index contributed by atoms with van der Waals surface area (Å²) in [5, 5.41) is 2.75. The van der Waals surface area contributed by atoms with Gasteiger partial charge in [0.2, 0.25) is 0 Å². The van der Waals surface area contributed by atoms with Crippen molar-refractivity contribution in [3.05, 3.63) is 71.8 Å². The third-order valence-electron chi connectivity index (χ3n) is 4.65. The highest BCUT2D eigenvalue weighted by atomic mass is 19.1. The monoisotopic (exact) mass is 411 g/mol. The summed E-state index contributed by atoms with van der Waals surface area (Å²) in [6.45, 7) is 2.82. The molecule has 3 aromatic rings. The summed E-state index contributed by atoms with van der Waals surface area (Å²) in [6.07, 6.45) is 5.12. The predicted molar refractivity (Wildman–Crippen MR) is 107 cm³/mol. The minimum atomic E-state index is -0.699. The van der Waals surface area contributed by atoms with Crippen molar-refractivity contribution in [2.24, 2.45) is 0 Å². The zero-order valence-corrected chi connectivity index (χ0v) is 16.2. The fourth-order valence-electron chi connectivity index (χ4n) is 3.13. The topological polar surface area (TPSA) is 80.2 Å². The van der Waals surface area contributed by atoms with Crippen molar-refractivity contribution < 1.29 is 18.3 Å². The minimum absolute atomic E-state index is 0.121. The second kappa shape index (κ2) is 8.40. The number of hydrogen-bond acceptors (Lipinski definition) is 6. The standard InChI is InChI=1S/C21H19F2N5O2/c1-2-13-3-4-24-18(7-13)27-21(29)19-20(26-6-5-25-19)28-11-17(12-28)30-16-9-14(22)8-15(23)10-16/h3-10,17H,2,11-12H2,1H3,(H,24,27,29). The van der Waals surface area contributed by atoms with Crippen molar-refractivity contribution >= 4 is 17.5 Å². The van der Waals surface area contributed by atoms with E-state index in [-0.39, 0.29) is 17.5 Å². The van der Waals surface area contributed by atoms with Crippen LogP contribution in [0.3, 0.4) is 0 Å². The number of carbonyl (C=O) groups is 1. The summed E-state index contributed by atoms with van der Waals surface area (Å²) in [5.74, 6) is -0.850. The Bertz CT molecular complexity index is 1050. The van der Waals surface area contributed by atoms with E-state index in [1.807, 2.05) is 17.9 Å². The minimum Gasteiger partial charge on any atom is -0.487 e. The maximum absolute atomic E-state index is 13.3. The van der Waals surface area contributed by atoms with Gasteiger partial charge in [-0.1, -0.05) is 6.92 Å². The molecule has 1 aliphatic rings. The fourth-order valence-corrected chi connectivity index (χ4v) is 3.13. The van der Waals surface area contributed by atoms with Crippen LogP contribution in [-0.4, -0.2) is 40.1 Å². The van der Waals surface area contributed by atoms with Crippen LogP contribution in [-0.2, 0) is 6.42 Å². The predicted octanol–water partition coefficient (Wildman–Crippen LogP) is 3.23. The molecule has 0 unspecified atom stereocenters. The lowest BCUT2D eigenvalue weighted by Crippen LogP contribution is -2.54. The van der Waals surface area contributed by atoms with Crippen molar-refractivity contribution in [1.82, 2.24) is 15.0 Å². The molecule has 0 radical (unpaired) electrons. The van der Waals surface area contributed by atoms with Crippen molar-refractivity contribution in [2.45, 2.75) is 19.4 Å². The van der Waals surface area contributed by atoms with E-state index >= 15 is 0 Å². The smallest absolute Gasteiger partial charge is 0.279 e.